The van der Waals surface area contributed by atoms with Crippen molar-refractivity contribution < 1.29 is 33.3 Å². The molecule has 186 valence electrons. The van der Waals surface area contributed by atoms with Crippen molar-refractivity contribution in [1.82, 2.24) is 0 Å². The monoisotopic (exact) mass is 532 g/mol. The molecule has 2 aromatic carbocycles. The molecule has 0 aromatic heterocycles. The number of esters is 2. The van der Waals surface area contributed by atoms with Crippen molar-refractivity contribution in [3.05, 3.63) is 57.6 Å². The molecule has 0 aliphatic carbocycles. The number of alkyl halides is 1. The fourth-order valence-electron chi connectivity index (χ4n) is 3.03. The van der Waals surface area contributed by atoms with Crippen molar-refractivity contribution in [1.29, 1.82) is 0 Å². The van der Waals surface area contributed by atoms with Crippen LogP contribution in [0.5, 0.6) is 11.5 Å². The van der Waals surface area contributed by atoms with Crippen LogP contribution in [0.3, 0.4) is 0 Å². The molecule has 0 saturated carbocycles. The maximum Gasteiger partial charge on any atom is 0.303 e. The van der Waals surface area contributed by atoms with Crippen LogP contribution in [0.25, 0.3) is 0 Å². The minimum Gasteiger partial charge on any atom is -0.488 e. The SMILES string of the molecule is COC[C@H](COc1ccc(Cc2ccc(OC[C@@H](CCl)OC(C)=O)c(Cl)c2)cc1Cl)OC(C)=O. The van der Waals surface area contributed by atoms with E-state index in [-0.39, 0.29) is 25.7 Å². The molecule has 0 radical (unpaired) electrons. The van der Waals surface area contributed by atoms with Crippen molar-refractivity contribution in [2.75, 3.05) is 32.8 Å². The number of hydrogen-bond acceptors (Lipinski definition) is 7. The van der Waals surface area contributed by atoms with Crippen LogP contribution in [0.15, 0.2) is 36.4 Å². The zero-order chi connectivity index (χ0) is 25.1. The highest BCUT2D eigenvalue weighted by atomic mass is 35.5. The molecule has 2 rings (SSSR count). The van der Waals surface area contributed by atoms with Crippen molar-refractivity contribution in [2.45, 2.75) is 32.5 Å². The van der Waals surface area contributed by atoms with Gasteiger partial charge in [-0.05, 0) is 41.8 Å². The van der Waals surface area contributed by atoms with Crippen LogP contribution >= 0.6 is 34.8 Å². The Morgan fingerprint density at radius 2 is 1.26 bits per heavy atom. The van der Waals surface area contributed by atoms with Gasteiger partial charge in [-0.15, -0.1) is 11.6 Å². The second-order valence-corrected chi connectivity index (χ2v) is 8.52. The van der Waals surface area contributed by atoms with E-state index < -0.39 is 24.1 Å². The quantitative estimate of drug-likeness (QED) is 0.262. The summed E-state index contributed by atoms with van der Waals surface area (Å²) in [4.78, 5) is 22.3. The number of carbonyl (C=O) groups excluding carboxylic acids is 2. The first kappa shape index (κ1) is 28.1. The van der Waals surface area contributed by atoms with Gasteiger partial charge in [-0.3, -0.25) is 9.59 Å². The maximum absolute atomic E-state index is 11.2. The molecule has 0 saturated heterocycles. The Hall–Kier alpha value is -2.19. The lowest BCUT2D eigenvalue weighted by molar-refractivity contribution is -0.150. The molecule has 0 aliphatic rings. The Morgan fingerprint density at radius 3 is 1.68 bits per heavy atom. The Bertz CT molecular complexity index is 968. The van der Waals surface area contributed by atoms with Gasteiger partial charge >= 0.3 is 11.9 Å². The summed E-state index contributed by atoms with van der Waals surface area (Å²) in [5.74, 6) is 0.220. The largest absolute Gasteiger partial charge is 0.488 e. The molecular weight excluding hydrogens is 507 g/mol. The lowest BCUT2D eigenvalue weighted by Gasteiger charge is -2.17. The number of benzene rings is 2. The lowest BCUT2D eigenvalue weighted by Crippen LogP contribution is -2.28. The molecule has 0 spiro atoms. The third kappa shape index (κ3) is 9.58. The smallest absolute Gasteiger partial charge is 0.303 e. The number of carbonyl (C=O) groups is 2. The highest BCUT2D eigenvalue weighted by molar-refractivity contribution is 6.32. The topological polar surface area (TPSA) is 80.3 Å². The van der Waals surface area contributed by atoms with E-state index >= 15 is 0 Å². The van der Waals surface area contributed by atoms with Gasteiger partial charge in [-0.25, -0.2) is 0 Å². The Kier molecular flexibility index (Phi) is 11.8. The summed E-state index contributed by atoms with van der Waals surface area (Å²) in [5.41, 5.74) is 1.90. The number of rotatable bonds is 13. The molecule has 10 heteroatoms. The molecule has 0 fully saturated rings. The van der Waals surface area contributed by atoms with Crippen molar-refractivity contribution in [3.8, 4) is 11.5 Å². The summed E-state index contributed by atoms with van der Waals surface area (Å²) < 4.78 is 26.6. The van der Waals surface area contributed by atoms with Crippen molar-refractivity contribution >= 4 is 46.7 Å². The number of halogens is 3. The number of hydrogen-bond donors (Lipinski definition) is 0. The molecule has 7 nitrogen and oxygen atoms in total. The third-order valence-electron chi connectivity index (χ3n) is 4.44. The first-order valence-electron chi connectivity index (χ1n) is 10.4. The zero-order valence-corrected chi connectivity index (χ0v) is 21.4. The molecule has 0 heterocycles. The average Bonchev–Trinajstić information content (AvgIpc) is 2.76. The molecule has 0 amide bonds. The van der Waals surface area contributed by atoms with E-state index in [2.05, 4.69) is 0 Å². The first-order chi connectivity index (χ1) is 16.2. The molecule has 2 aromatic rings. The minimum absolute atomic E-state index is 0.0991. The fourth-order valence-corrected chi connectivity index (χ4v) is 3.69. The van der Waals surface area contributed by atoms with Gasteiger partial charge in [0, 0.05) is 21.0 Å². The molecule has 0 aliphatic heterocycles. The predicted molar refractivity (Wildman–Crippen MR) is 130 cm³/mol. The normalized spacial score (nSPS) is 12.5. The summed E-state index contributed by atoms with van der Waals surface area (Å²) >= 11 is 18.5. The fraction of sp³-hybridized carbons (Fsp3) is 0.417. The first-order valence-corrected chi connectivity index (χ1v) is 11.7. The standard InChI is InChI=1S/C24H27Cl3O7/c1-15(28)33-19(11-25)13-31-23-6-4-17(9-21(23)26)8-18-5-7-24(22(27)10-18)32-14-20(12-30-3)34-16(2)29/h4-7,9-10,19-20H,8,11-14H2,1-3H3/t19-,20-/m1/s1. The van der Waals surface area contributed by atoms with Gasteiger partial charge in [0.2, 0.25) is 0 Å². The van der Waals surface area contributed by atoms with Crippen LogP contribution in [0, 0.1) is 0 Å². The van der Waals surface area contributed by atoms with Gasteiger partial charge in [0.15, 0.2) is 6.10 Å². The van der Waals surface area contributed by atoms with Gasteiger partial charge in [-0.2, -0.15) is 0 Å². The maximum atomic E-state index is 11.2. The molecule has 0 unspecified atom stereocenters. The van der Waals surface area contributed by atoms with Crippen LogP contribution in [0.2, 0.25) is 10.0 Å². The van der Waals surface area contributed by atoms with Gasteiger partial charge in [0.25, 0.3) is 0 Å². The van der Waals surface area contributed by atoms with Crippen LogP contribution in [-0.4, -0.2) is 57.0 Å². The van der Waals surface area contributed by atoms with E-state index in [0.717, 1.165) is 11.1 Å². The van der Waals surface area contributed by atoms with E-state index in [9.17, 15) is 9.59 Å². The summed E-state index contributed by atoms with van der Waals surface area (Å²) in [5, 5.41) is 0.856. The van der Waals surface area contributed by atoms with Crippen LogP contribution in [0.4, 0.5) is 0 Å². The van der Waals surface area contributed by atoms with E-state index in [0.29, 0.717) is 28.0 Å². The second kappa shape index (κ2) is 14.3. The highest BCUT2D eigenvalue weighted by Gasteiger charge is 2.15. The number of methoxy groups -OCH3 is 1. The van der Waals surface area contributed by atoms with Gasteiger partial charge in [0.1, 0.15) is 30.8 Å². The van der Waals surface area contributed by atoms with Gasteiger partial charge in [-0.1, -0.05) is 35.3 Å². The summed E-state index contributed by atoms with van der Waals surface area (Å²) in [6.45, 7) is 3.07. The van der Waals surface area contributed by atoms with Crippen LogP contribution in [-0.2, 0) is 30.2 Å². The molecular formula is C24H27Cl3O7. The Morgan fingerprint density at radius 1 is 0.794 bits per heavy atom. The summed E-state index contributed by atoms with van der Waals surface area (Å²) in [7, 11) is 1.52. The molecule has 2 atom stereocenters. The van der Waals surface area contributed by atoms with E-state index in [1.165, 1.54) is 21.0 Å². The van der Waals surface area contributed by atoms with E-state index in [4.69, 9.17) is 58.5 Å². The van der Waals surface area contributed by atoms with Crippen molar-refractivity contribution in [2.24, 2.45) is 0 Å². The molecule has 0 N–H and O–H groups in total. The summed E-state index contributed by atoms with van der Waals surface area (Å²) in [6.07, 6.45) is -0.510. The second-order valence-electron chi connectivity index (χ2n) is 7.40. The molecule has 0 bridgehead atoms. The third-order valence-corrected chi connectivity index (χ3v) is 5.38. The Balaban J connectivity index is 1.97. The van der Waals surface area contributed by atoms with Crippen molar-refractivity contribution in [3.63, 3.8) is 0 Å². The average molecular weight is 534 g/mol. The molecule has 34 heavy (non-hydrogen) atoms. The van der Waals surface area contributed by atoms with E-state index in [1.54, 1.807) is 24.3 Å². The van der Waals surface area contributed by atoms with Gasteiger partial charge < -0.3 is 23.7 Å². The summed E-state index contributed by atoms with van der Waals surface area (Å²) in [6, 6.07) is 10.9. The zero-order valence-electron chi connectivity index (χ0n) is 19.1. The highest BCUT2D eigenvalue weighted by Crippen LogP contribution is 2.29. The number of ether oxygens (including phenoxy) is 5. The van der Waals surface area contributed by atoms with E-state index in [1.807, 2.05) is 12.1 Å². The Labute approximate surface area is 214 Å². The minimum atomic E-state index is -0.559. The predicted octanol–water partition coefficient (Wildman–Crippen LogP) is 5.09. The van der Waals surface area contributed by atoms with Crippen LogP contribution < -0.4 is 9.47 Å². The van der Waals surface area contributed by atoms with Crippen LogP contribution in [0.1, 0.15) is 25.0 Å². The van der Waals surface area contributed by atoms with Gasteiger partial charge in [0.05, 0.1) is 22.5 Å². The lowest BCUT2D eigenvalue weighted by atomic mass is 10.0.